The fourth-order valence-electron chi connectivity index (χ4n) is 1.16. The predicted molar refractivity (Wildman–Crippen MR) is 71.0 cm³/mol. The molecule has 0 aliphatic rings. The first-order valence-electron chi connectivity index (χ1n) is 5.12. The highest BCUT2D eigenvalue weighted by Crippen LogP contribution is 2.28. The lowest BCUT2D eigenvalue weighted by molar-refractivity contribution is -0.114. The van der Waals surface area contributed by atoms with Crippen LogP contribution in [0.1, 0.15) is 6.92 Å². The fraction of sp³-hybridized carbons (Fsp3) is 0.182. The average molecular weight is 283 g/mol. The van der Waals surface area contributed by atoms with Crippen molar-refractivity contribution in [2.75, 3.05) is 11.1 Å². The molecule has 2 aromatic rings. The van der Waals surface area contributed by atoms with Crippen molar-refractivity contribution < 1.29 is 9.18 Å². The first-order valence-corrected chi connectivity index (χ1v) is 6.92. The maximum atomic E-state index is 13.4. The molecule has 0 atom stereocenters. The van der Waals surface area contributed by atoms with Crippen molar-refractivity contribution in [2.45, 2.75) is 11.3 Å². The maximum absolute atomic E-state index is 13.4. The van der Waals surface area contributed by atoms with Crippen LogP contribution in [0.2, 0.25) is 0 Å². The van der Waals surface area contributed by atoms with Gasteiger partial charge in [0, 0.05) is 0 Å². The number of hydrogen-bond acceptors (Lipinski definition) is 6. The van der Waals surface area contributed by atoms with Crippen LogP contribution in [0.5, 0.6) is 0 Å². The van der Waals surface area contributed by atoms with Crippen LogP contribution in [0, 0.1) is 5.82 Å². The van der Waals surface area contributed by atoms with Gasteiger partial charge in [0.1, 0.15) is 11.6 Å². The highest BCUT2D eigenvalue weighted by molar-refractivity contribution is 8.01. The second-order valence-electron chi connectivity index (χ2n) is 3.47. The van der Waals surface area contributed by atoms with Gasteiger partial charge in [-0.25, -0.2) is 4.39 Å². The lowest BCUT2D eigenvalue weighted by atomic mass is 10.3. The van der Waals surface area contributed by atoms with E-state index in [0.29, 0.717) is 20.9 Å². The minimum Gasteiger partial charge on any atom is -0.328 e. The zero-order valence-electron chi connectivity index (χ0n) is 9.51. The van der Waals surface area contributed by atoms with Gasteiger partial charge in [0.05, 0.1) is 11.4 Å². The van der Waals surface area contributed by atoms with Crippen molar-refractivity contribution in [3.63, 3.8) is 0 Å². The van der Waals surface area contributed by atoms with Crippen molar-refractivity contribution >= 4 is 39.7 Å². The summed E-state index contributed by atoms with van der Waals surface area (Å²) in [6.07, 6.45) is 0. The lowest BCUT2D eigenvalue weighted by Gasteiger charge is -2.01. The molecule has 0 saturated carbocycles. The Morgan fingerprint density at radius 3 is 2.94 bits per heavy atom. The summed E-state index contributed by atoms with van der Waals surface area (Å²) in [6.45, 7) is 1.52. The molecule has 2 rings (SSSR count). The van der Waals surface area contributed by atoms with Gasteiger partial charge in [-0.1, -0.05) is 35.2 Å². The second kappa shape index (κ2) is 5.92. The van der Waals surface area contributed by atoms with Crippen molar-refractivity contribution in [2.24, 2.45) is 0 Å². The topological polar surface area (TPSA) is 54.9 Å². The number of para-hydroxylation sites is 1. The smallest absolute Gasteiger partial charge is 0.210 e. The molecule has 0 saturated heterocycles. The van der Waals surface area contributed by atoms with Crippen molar-refractivity contribution in [1.82, 2.24) is 10.2 Å². The molecule has 1 aromatic carbocycles. The number of nitrogens with one attached hydrogen (secondary N) is 1. The number of carbonyl (C=O) groups is 1. The Balaban J connectivity index is 2.02. The number of Topliss-reactive ketones (excluding diaryl/α,β-unsaturated/α-hetero) is 1. The normalized spacial score (nSPS) is 10.3. The summed E-state index contributed by atoms with van der Waals surface area (Å²) >= 11 is 2.61. The van der Waals surface area contributed by atoms with Gasteiger partial charge in [-0.2, -0.15) is 0 Å². The molecular weight excluding hydrogens is 273 g/mol. The van der Waals surface area contributed by atoms with Crippen LogP contribution >= 0.6 is 23.1 Å². The molecule has 0 fully saturated rings. The Kier molecular flexibility index (Phi) is 4.27. The summed E-state index contributed by atoms with van der Waals surface area (Å²) in [7, 11) is 0. The number of carbonyl (C=O) groups excluding carboxylic acids is 1. The molecule has 0 bridgehead atoms. The number of halogens is 1. The largest absolute Gasteiger partial charge is 0.328 e. The van der Waals surface area contributed by atoms with Crippen LogP contribution < -0.4 is 5.32 Å². The minimum absolute atomic E-state index is 0.0822. The Morgan fingerprint density at radius 2 is 2.22 bits per heavy atom. The number of rotatable bonds is 5. The van der Waals surface area contributed by atoms with E-state index in [-0.39, 0.29) is 11.6 Å². The van der Waals surface area contributed by atoms with E-state index in [4.69, 9.17) is 0 Å². The Labute approximate surface area is 112 Å². The lowest BCUT2D eigenvalue weighted by Crippen LogP contribution is -1.92. The van der Waals surface area contributed by atoms with Crippen LogP contribution in [0.15, 0.2) is 28.6 Å². The van der Waals surface area contributed by atoms with E-state index in [1.807, 2.05) is 0 Å². The summed E-state index contributed by atoms with van der Waals surface area (Å²) in [5.41, 5.74) is 0.358. The van der Waals surface area contributed by atoms with Crippen LogP contribution in [0.4, 0.5) is 15.2 Å². The number of hydrogen-bond donors (Lipinski definition) is 1. The van der Waals surface area contributed by atoms with Crippen molar-refractivity contribution in [3.05, 3.63) is 30.1 Å². The summed E-state index contributed by atoms with van der Waals surface area (Å²) in [5, 5.41) is 11.2. The molecule has 0 aliphatic carbocycles. The quantitative estimate of drug-likeness (QED) is 0.854. The molecule has 94 valence electrons. The molecule has 0 radical (unpaired) electrons. The average Bonchev–Trinajstić information content (AvgIpc) is 2.77. The zero-order valence-corrected chi connectivity index (χ0v) is 11.1. The van der Waals surface area contributed by atoms with Gasteiger partial charge >= 0.3 is 0 Å². The van der Waals surface area contributed by atoms with Gasteiger partial charge in [0.15, 0.2) is 4.34 Å². The SMILES string of the molecule is CC(=O)CSc1nnc(Nc2ccccc2F)s1. The number of anilines is 2. The van der Waals surface area contributed by atoms with Crippen LogP contribution in [-0.4, -0.2) is 21.7 Å². The Bertz CT molecular complexity index is 559. The van der Waals surface area contributed by atoms with E-state index in [9.17, 15) is 9.18 Å². The summed E-state index contributed by atoms with van der Waals surface area (Å²) < 4.78 is 14.1. The van der Waals surface area contributed by atoms with Crippen molar-refractivity contribution in [1.29, 1.82) is 0 Å². The van der Waals surface area contributed by atoms with Crippen molar-refractivity contribution in [3.8, 4) is 0 Å². The highest BCUT2D eigenvalue weighted by Gasteiger charge is 2.08. The molecule has 0 unspecified atom stereocenters. The highest BCUT2D eigenvalue weighted by atomic mass is 32.2. The maximum Gasteiger partial charge on any atom is 0.210 e. The molecule has 1 aromatic heterocycles. The van der Waals surface area contributed by atoms with E-state index >= 15 is 0 Å². The third kappa shape index (κ3) is 3.51. The first-order chi connectivity index (χ1) is 8.65. The van der Waals surface area contributed by atoms with Gasteiger partial charge in [0.2, 0.25) is 5.13 Å². The molecule has 18 heavy (non-hydrogen) atoms. The number of benzene rings is 1. The van der Waals surface area contributed by atoms with Crippen LogP contribution in [0.3, 0.4) is 0 Å². The standard InChI is InChI=1S/C11H10FN3OS2/c1-7(16)6-17-11-15-14-10(18-11)13-9-5-3-2-4-8(9)12/h2-5H,6H2,1H3,(H,13,14). The van der Waals surface area contributed by atoms with E-state index in [2.05, 4.69) is 15.5 Å². The third-order valence-electron chi connectivity index (χ3n) is 1.92. The molecule has 0 aliphatic heterocycles. The van der Waals surface area contributed by atoms with Gasteiger partial charge in [0.25, 0.3) is 0 Å². The summed E-state index contributed by atoms with van der Waals surface area (Å²) in [6, 6.07) is 6.35. The monoisotopic (exact) mass is 283 g/mol. The molecule has 1 N–H and O–H groups in total. The first kappa shape index (κ1) is 13.0. The Morgan fingerprint density at radius 1 is 1.44 bits per heavy atom. The molecule has 0 spiro atoms. The van der Waals surface area contributed by atoms with Gasteiger partial charge in [-0.05, 0) is 19.1 Å². The molecule has 4 nitrogen and oxygen atoms in total. The van der Waals surface area contributed by atoms with E-state index in [1.54, 1.807) is 18.2 Å². The third-order valence-corrected chi connectivity index (χ3v) is 4.04. The number of nitrogens with zero attached hydrogens (tertiary/aromatic N) is 2. The fourth-order valence-corrected chi connectivity index (χ4v) is 2.72. The molecule has 1 heterocycles. The zero-order chi connectivity index (χ0) is 13.0. The van der Waals surface area contributed by atoms with E-state index in [1.165, 1.54) is 36.1 Å². The van der Waals surface area contributed by atoms with Crippen LogP contribution in [-0.2, 0) is 4.79 Å². The number of aromatic nitrogens is 2. The molecule has 0 amide bonds. The minimum atomic E-state index is -0.342. The Hall–Kier alpha value is -1.47. The van der Waals surface area contributed by atoms with Gasteiger partial charge in [-0.15, -0.1) is 10.2 Å². The van der Waals surface area contributed by atoms with Gasteiger partial charge in [-0.3, -0.25) is 4.79 Å². The van der Waals surface area contributed by atoms with Gasteiger partial charge < -0.3 is 5.32 Å². The second-order valence-corrected chi connectivity index (χ2v) is 5.67. The van der Waals surface area contributed by atoms with E-state index in [0.717, 1.165) is 0 Å². The predicted octanol–water partition coefficient (Wildman–Crippen LogP) is 3.10. The van der Waals surface area contributed by atoms with Crippen LogP contribution in [0.25, 0.3) is 0 Å². The molecule has 7 heteroatoms. The number of thioether (sulfide) groups is 1. The summed E-state index contributed by atoms with van der Waals surface area (Å²) in [4.78, 5) is 10.8. The number of ketones is 1. The molecular formula is C11H10FN3OS2. The van der Waals surface area contributed by atoms with E-state index < -0.39 is 0 Å². The summed E-state index contributed by atoms with van der Waals surface area (Å²) in [5.74, 6) is 0.110.